The van der Waals surface area contributed by atoms with Crippen LogP contribution in [0.15, 0.2) is 36.4 Å². The van der Waals surface area contributed by atoms with Crippen LogP contribution in [0.5, 0.6) is 11.5 Å². The number of imidazole rings is 1. The molecule has 0 atom stereocenters. The first kappa shape index (κ1) is 11.2. The monoisotopic (exact) mass is 267 g/mol. The summed E-state index contributed by atoms with van der Waals surface area (Å²) in [5, 5.41) is 12.8. The van der Waals surface area contributed by atoms with Crippen molar-refractivity contribution >= 4 is 16.7 Å². The Morgan fingerprint density at radius 2 is 2.15 bits per heavy atom. The number of anilines is 1. The Kier molecular flexibility index (Phi) is 2.32. The second-order valence-electron chi connectivity index (χ2n) is 4.74. The van der Waals surface area contributed by atoms with Crippen LogP contribution in [0.4, 0.5) is 5.69 Å². The van der Waals surface area contributed by atoms with Gasteiger partial charge in [0.25, 0.3) is 0 Å². The summed E-state index contributed by atoms with van der Waals surface area (Å²) < 4.78 is 5.76. The minimum atomic E-state index is 0.223. The van der Waals surface area contributed by atoms with E-state index in [0.29, 0.717) is 6.61 Å². The summed E-state index contributed by atoms with van der Waals surface area (Å²) in [6.45, 7) is 1.45. The van der Waals surface area contributed by atoms with Gasteiger partial charge in [0.05, 0.1) is 22.3 Å². The van der Waals surface area contributed by atoms with Crippen molar-refractivity contribution in [3.8, 4) is 22.9 Å². The number of hydrogen-bond acceptors (Lipinski definition) is 4. The van der Waals surface area contributed by atoms with E-state index in [1.807, 2.05) is 18.2 Å². The first-order valence-electron chi connectivity index (χ1n) is 6.50. The highest BCUT2D eigenvalue weighted by Crippen LogP contribution is 2.37. The number of nitrogens with one attached hydrogen (secondary N) is 2. The van der Waals surface area contributed by atoms with Gasteiger partial charge in [0, 0.05) is 12.6 Å². The Morgan fingerprint density at radius 3 is 3.10 bits per heavy atom. The van der Waals surface area contributed by atoms with Gasteiger partial charge in [-0.2, -0.15) is 0 Å². The molecule has 0 radical (unpaired) electrons. The maximum Gasteiger partial charge on any atom is 0.153 e. The minimum Gasteiger partial charge on any atom is -0.508 e. The minimum absolute atomic E-state index is 0.223. The van der Waals surface area contributed by atoms with Crippen molar-refractivity contribution in [3.63, 3.8) is 0 Å². The van der Waals surface area contributed by atoms with Crippen molar-refractivity contribution < 1.29 is 9.84 Å². The number of para-hydroxylation sites is 1. The summed E-state index contributed by atoms with van der Waals surface area (Å²) in [7, 11) is 0. The number of phenols is 1. The average Bonchev–Trinajstić information content (AvgIpc) is 2.89. The molecule has 4 rings (SSSR count). The Hall–Kier alpha value is -2.69. The zero-order chi connectivity index (χ0) is 13.5. The molecular formula is C15H13N3O2. The topological polar surface area (TPSA) is 70.2 Å². The maximum absolute atomic E-state index is 9.52. The SMILES string of the molecule is Oc1ccc2nc(-c3cccc4c3OCCN4)[nH]c2c1. The Bertz CT molecular complexity index is 795. The third-order valence-corrected chi connectivity index (χ3v) is 3.40. The number of fused-ring (bicyclic) bond motifs is 2. The molecule has 0 fully saturated rings. The van der Waals surface area contributed by atoms with E-state index in [0.717, 1.165) is 40.4 Å². The molecule has 0 spiro atoms. The number of benzene rings is 2. The fraction of sp³-hybridized carbons (Fsp3) is 0.133. The van der Waals surface area contributed by atoms with Crippen LogP contribution in [0.1, 0.15) is 0 Å². The molecule has 0 aliphatic carbocycles. The molecule has 5 nitrogen and oxygen atoms in total. The highest BCUT2D eigenvalue weighted by atomic mass is 16.5. The normalized spacial score (nSPS) is 13.6. The standard InChI is InChI=1S/C15H13N3O2/c19-9-4-5-11-13(8-9)18-15(17-11)10-2-1-3-12-14(10)20-7-6-16-12/h1-5,8,16,19H,6-7H2,(H,17,18). The molecule has 0 bridgehead atoms. The van der Waals surface area contributed by atoms with Crippen molar-refractivity contribution in [2.75, 3.05) is 18.5 Å². The Balaban J connectivity index is 1.90. The molecular weight excluding hydrogens is 254 g/mol. The molecule has 5 heteroatoms. The number of rotatable bonds is 1. The molecule has 0 unspecified atom stereocenters. The predicted molar refractivity (Wildman–Crippen MR) is 77.2 cm³/mol. The van der Waals surface area contributed by atoms with E-state index in [-0.39, 0.29) is 5.75 Å². The van der Waals surface area contributed by atoms with E-state index < -0.39 is 0 Å². The van der Waals surface area contributed by atoms with Gasteiger partial charge in [-0.15, -0.1) is 0 Å². The van der Waals surface area contributed by atoms with Crippen molar-refractivity contribution in [1.29, 1.82) is 0 Å². The summed E-state index contributed by atoms with van der Waals surface area (Å²) in [4.78, 5) is 7.78. The van der Waals surface area contributed by atoms with Crippen molar-refractivity contribution in [1.82, 2.24) is 9.97 Å². The van der Waals surface area contributed by atoms with Gasteiger partial charge in [-0.25, -0.2) is 4.98 Å². The molecule has 20 heavy (non-hydrogen) atoms. The largest absolute Gasteiger partial charge is 0.508 e. The van der Waals surface area contributed by atoms with Gasteiger partial charge in [-0.1, -0.05) is 6.07 Å². The number of aromatic nitrogens is 2. The maximum atomic E-state index is 9.52. The van der Waals surface area contributed by atoms with Gasteiger partial charge >= 0.3 is 0 Å². The summed E-state index contributed by atoms with van der Waals surface area (Å²) in [5.41, 5.74) is 3.53. The van der Waals surface area contributed by atoms with Crippen LogP contribution in [0.25, 0.3) is 22.4 Å². The van der Waals surface area contributed by atoms with E-state index in [1.54, 1.807) is 18.2 Å². The molecule has 100 valence electrons. The average molecular weight is 267 g/mol. The molecule has 1 aromatic heterocycles. The van der Waals surface area contributed by atoms with Crippen molar-refractivity contribution in [2.45, 2.75) is 0 Å². The van der Waals surface area contributed by atoms with Crippen LogP contribution < -0.4 is 10.1 Å². The quantitative estimate of drug-likeness (QED) is 0.634. The van der Waals surface area contributed by atoms with Gasteiger partial charge < -0.3 is 20.1 Å². The van der Waals surface area contributed by atoms with Gasteiger partial charge in [0.1, 0.15) is 18.2 Å². The second-order valence-corrected chi connectivity index (χ2v) is 4.74. The molecule has 1 aliphatic heterocycles. The zero-order valence-electron chi connectivity index (χ0n) is 10.7. The van der Waals surface area contributed by atoms with Gasteiger partial charge in [0.2, 0.25) is 0 Å². The smallest absolute Gasteiger partial charge is 0.153 e. The third-order valence-electron chi connectivity index (χ3n) is 3.40. The lowest BCUT2D eigenvalue weighted by Gasteiger charge is -2.20. The fourth-order valence-electron chi connectivity index (χ4n) is 2.48. The van der Waals surface area contributed by atoms with Crippen LogP contribution >= 0.6 is 0 Å². The lowest BCUT2D eigenvalue weighted by atomic mass is 10.1. The number of hydrogen-bond donors (Lipinski definition) is 3. The predicted octanol–water partition coefficient (Wildman–Crippen LogP) is 2.74. The molecule has 0 saturated heterocycles. The van der Waals surface area contributed by atoms with E-state index in [2.05, 4.69) is 15.3 Å². The first-order valence-corrected chi connectivity index (χ1v) is 6.50. The molecule has 0 amide bonds. The number of aromatic amines is 1. The Morgan fingerprint density at radius 1 is 1.20 bits per heavy atom. The second kappa shape index (κ2) is 4.16. The summed E-state index contributed by atoms with van der Waals surface area (Å²) >= 11 is 0. The lowest BCUT2D eigenvalue weighted by Crippen LogP contribution is -2.18. The number of ether oxygens (including phenoxy) is 1. The zero-order valence-corrected chi connectivity index (χ0v) is 10.7. The van der Waals surface area contributed by atoms with Gasteiger partial charge in [-0.3, -0.25) is 0 Å². The molecule has 1 aliphatic rings. The van der Waals surface area contributed by atoms with Crippen molar-refractivity contribution in [3.05, 3.63) is 36.4 Å². The fourth-order valence-corrected chi connectivity index (χ4v) is 2.48. The highest BCUT2D eigenvalue weighted by molar-refractivity contribution is 5.84. The molecule has 0 saturated carbocycles. The lowest BCUT2D eigenvalue weighted by molar-refractivity contribution is 0.324. The van der Waals surface area contributed by atoms with E-state index >= 15 is 0 Å². The van der Waals surface area contributed by atoms with E-state index in [1.165, 1.54) is 0 Å². The summed E-state index contributed by atoms with van der Waals surface area (Å²) in [6.07, 6.45) is 0. The first-order chi connectivity index (χ1) is 9.81. The van der Waals surface area contributed by atoms with Crippen LogP contribution in [-0.4, -0.2) is 28.2 Å². The van der Waals surface area contributed by atoms with Crippen LogP contribution in [0.3, 0.4) is 0 Å². The molecule has 2 heterocycles. The third kappa shape index (κ3) is 1.67. The summed E-state index contributed by atoms with van der Waals surface area (Å²) in [5.74, 6) is 1.79. The number of H-pyrrole nitrogens is 1. The highest BCUT2D eigenvalue weighted by Gasteiger charge is 2.17. The molecule has 3 N–H and O–H groups in total. The summed E-state index contributed by atoms with van der Waals surface area (Å²) in [6, 6.07) is 11.0. The van der Waals surface area contributed by atoms with Crippen molar-refractivity contribution in [2.24, 2.45) is 0 Å². The number of phenolic OH excluding ortho intramolecular Hbond substituents is 1. The van der Waals surface area contributed by atoms with E-state index in [9.17, 15) is 5.11 Å². The van der Waals surface area contributed by atoms with Crippen LogP contribution in [-0.2, 0) is 0 Å². The van der Waals surface area contributed by atoms with E-state index in [4.69, 9.17) is 4.74 Å². The number of aromatic hydroxyl groups is 1. The molecule has 3 aromatic rings. The Labute approximate surface area is 115 Å². The number of nitrogens with zero attached hydrogens (tertiary/aromatic N) is 1. The van der Waals surface area contributed by atoms with Gasteiger partial charge in [-0.05, 0) is 24.3 Å². The van der Waals surface area contributed by atoms with Crippen LogP contribution in [0, 0.1) is 0 Å². The molecule has 2 aromatic carbocycles. The van der Waals surface area contributed by atoms with Crippen LogP contribution in [0.2, 0.25) is 0 Å². The van der Waals surface area contributed by atoms with Gasteiger partial charge in [0.15, 0.2) is 5.75 Å².